The third-order valence-electron chi connectivity index (χ3n) is 2.43. The molecule has 1 aromatic heterocycles. The highest BCUT2D eigenvalue weighted by molar-refractivity contribution is 9.10. The molecule has 0 bridgehead atoms. The minimum atomic E-state index is 0.00578. The van der Waals surface area contributed by atoms with E-state index in [-0.39, 0.29) is 6.10 Å². The van der Waals surface area contributed by atoms with Gasteiger partial charge in [-0.1, -0.05) is 13.8 Å². The number of rotatable bonds is 7. The summed E-state index contributed by atoms with van der Waals surface area (Å²) in [5.74, 6) is 1.89. The number of halogens is 1. The minimum absolute atomic E-state index is 0.00578. The molecule has 0 saturated heterocycles. The van der Waals surface area contributed by atoms with Gasteiger partial charge in [0.2, 0.25) is 0 Å². The molecule has 1 rings (SSSR count). The number of hydrogen-bond acceptors (Lipinski definition) is 5. The van der Waals surface area contributed by atoms with E-state index < -0.39 is 0 Å². The van der Waals surface area contributed by atoms with E-state index in [0.717, 1.165) is 16.2 Å². The summed E-state index contributed by atoms with van der Waals surface area (Å²) < 4.78 is 11.1. The highest BCUT2D eigenvalue weighted by atomic mass is 79.9. The summed E-state index contributed by atoms with van der Waals surface area (Å²) in [5, 5.41) is 3.23. The molecule has 5 nitrogen and oxygen atoms in total. The highest BCUT2D eigenvalue weighted by Crippen LogP contribution is 2.17. The average Bonchev–Trinajstić information content (AvgIpc) is 2.33. The fourth-order valence-corrected chi connectivity index (χ4v) is 1.80. The topological polar surface area (TPSA) is 56.3 Å². The van der Waals surface area contributed by atoms with Crippen LogP contribution in [0, 0.1) is 0 Å². The molecule has 1 aromatic rings. The summed E-state index contributed by atoms with van der Waals surface area (Å²) in [7, 11) is 3.32. The van der Waals surface area contributed by atoms with Crippen molar-refractivity contribution >= 4 is 21.7 Å². The Morgan fingerprint density at radius 1 is 1.33 bits per heavy atom. The second-order valence-electron chi connectivity index (χ2n) is 4.28. The first-order valence-corrected chi connectivity index (χ1v) is 6.66. The summed E-state index contributed by atoms with van der Waals surface area (Å²) in [6.45, 7) is 5.32. The Morgan fingerprint density at radius 2 is 2.06 bits per heavy atom. The summed E-state index contributed by atoms with van der Waals surface area (Å²) >= 11 is 3.39. The largest absolute Gasteiger partial charge is 0.382 e. The van der Waals surface area contributed by atoms with Crippen molar-refractivity contribution in [2.24, 2.45) is 0 Å². The van der Waals surface area contributed by atoms with Crippen LogP contribution in [0.5, 0.6) is 0 Å². The molecule has 0 aliphatic heterocycles. The van der Waals surface area contributed by atoms with Gasteiger partial charge in [-0.15, -0.1) is 0 Å². The van der Waals surface area contributed by atoms with Crippen LogP contribution < -0.4 is 5.32 Å². The number of hydrogen-bond donors (Lipinski definition) is 1. The summed E-state index contributed by atoms with van der Waals surface area (Å²) in [6, 6.07) is 1.85. The molecule has 1 N–H and O–H groups in total. The van der Waals surface area contributed by atoms with Crippen LogP contribution in [0.15, 0.2) is 10.7 Å². The van der Waals surface area contributed by atoms with Gasteiger partial charge in [0.15, 0.2) is 0 Å². The molecule has 0 aliphatic rings. The van der Waals surface area contributed by atoms with Gasteiger partial charge in [-0.25, -0.2) is 9.97 Å². The number of nitrogens with one attached hydrogen (secondary N) is 1. The molecule has 0 radical (unpaired) electrons. The van der Waals surface area contributed by atoms with E-state index >= 15 is 0 Å². The smallest absolute Gasteiger partial charge is 0.134 e. The normalized spacial score (nSPS) is 12.8. The predicted octanol–water partition coefficient (Wildman–Crippen LogP) is 2.44. The van der Waals surface area contributed by atoms with Gasteiger partial charge < -0.3 is 14.8 Å². The van der Waals surface area contributed by atoms with E-state index in [2.05, 4.69) is 45.1 Å². The van der Waals surface area contributed by atoms with Crippen molar-refractivity contribution in [1.29, 1.82) is 0 Å². The Morgan fingerprint density at radius 3 is 2.61 bits per heavy atom. The fourth-order valence-electron chi connectivity index (χ4n) is 1.40. The maximum atomic E-state index is 5.28. The van der Waals surface area contributed by atoms with Crippen LogP contribution >= 0.6 is 15.9 Å². The van der Waals surface area contributed by atoms with Crippen molar-refractivity contribution in [3.63, 3.8) is 0 Å². The van der Waals surface area contributed by atoms with Crippen molar-refractivity contribution in [3.8, 4) is 0 Å². The monoisotopic (exact) mass is 317 g/mol. The van der Waals surface area contributed by atoms with E-state index in [1.54, 1.807) is 14.2 Å². The van der Waals surface area contributed by atoms with Crippen LogP contribution in [0.3, 0.4) is 0 Å². The first kappa shape index (κ1) is 15.3. The van der Waals surface area contributed by atoms with Gasteiger partial charge in [0.1, 0.15) is 16.2 Å². The lowest BCUT2D eigenvalue weighted by Crippen LogP contribution is -2.27. The molecular formula is C12H20BrN3O2. The van der Waals surface area contributed by atoms with Crippen LogP contribution in [-0.4, -0.2) is 43.4 Å². The van der Waals surface area contributed by atoms with Gasteiger partial charge >= 0.3 is 0 Å². The van der Waals surface area contributed by atoms with Crippen LogP contribution in [-0.2, 0) is 9.47 Å². The highest BCUT2D eigenvalue weighted by Gasteiger charge is 2.09. The first-order chi connectivity index (χ1) is 8.56. The molecule has 1 atom stereocenters. The number of ether oxygens (including phenoxy) is 2. The van der Waals surface area contributed by atoms with Crippen molar-refractivity contribution in [1.82, 2.24) is 9.97 Å². The zero-order chi connectivity index (χ0) is 13.5. The second kappa shape index (κ2) is 7.66. The molecule has 0 spiro atoms. The summed E-state index contributed by atoms with van der Waals surface area (Å²) in [6.07, 6.45) is 0.00578. The summed E-state index contributed by atoms with van der Waals surface area (Å²) in [4.78, 5) is 8.78. The zero-order valence-electron chi connectivity index (χ0n) is 11.2. The fraction of sp³-hybridized carbons (Fsp3) is 0.667. The second-order valence-corrected chi connectivity index (χ2v) is 5.10. The molecule has 6 heteroatoms. The number of methoxy groups -OCH3 is 2. The quantitative estimate of drug-likeness (QED) is 0.783. The molecule has 0 amide bonds. The maximum absolute atomic E-state index is 5.28. The first-order valence-electron chi connectivity index (χ1n) is 5.87. The molecule has 102 valence electrons. The van der Waals surface area contributed by atoms with Crippen molar-refractivity contribution in [3.05, 3.63) is 16.5 Å². The molecular weight excluding hydrogens is 298 g/mol. The van der Waals surface area contributed by atoms with Gasteiger partial charge in [0.05, 0.1) is 12.7 Å². The van der Waals surface area contributed by atoms with E-state index in [1.807, 2.05) is 6.07 Å². The Kier molecular flexibility index (Phi) is 6.52. The molecule has 18 heavy (non-hydrogen) atoms. The Hall–Kier alpha value is -0.720. The molecule has 0 aliphatic carbocycles. The van der Waals surface area contributed by atoms with Crippen molar-refractivity contribution in [2.45, 2.75) is 25.9 Å². The Bertz CT molecular complexity index is 374. The minimum Gasteiger partial charge on any atom is -0.382 e. The molecule has 1 heterocycles. The van der Waals surface area contributed by atoms with E-state index in [1.165, 1.54) is 0 Å². The lowest BCUT2D eigenvalue weighted by atomic mass is 10.2. The predicted molar refractivity (Wildman–Crippen MR) is 75.0 cm³/mol. The third kappa shape index (κ3) is 4.88. The standard InChI is InChI=1S/C12H20BrN3O2/c1-8(2)12-15-10(13)5-11(16-12)14-6-9(18-4)7-17-3/h5,8-9H,6-7H2,1-4H3,(H,14,15,16). The lowest BCUT2D eigenvalue weighted by molar-refractivity contribution is 0.0365. The van der Waals surface area contributed by atoms with Gasteiger partial charge in [-0.05, 0) is 15.9 Å². The van der Waals surface area contributed by atoms with E-state index in [4.69, 9.17) is 9.47 Å². The third-order valence-corrected chi connectivity index (χ3v) is 2.83. The van der Waals surface area contributed by atoms with Gasteiger partial charge in [0.25, 0.3) is 0 Å². The number of nitrogens with zero attached hydrogens (tertiary/aromatic N) is 2. The van der Waals surface area contributed by atoms with Crippen LogP contribution in [0.2, 0.25) is 0 Å². The molecule has 0 saturated carbocycles. The van der Waals surface area contributed by atoms with Crippen LogP contribution in [0.4, 0.5) is 5.82 Å². The number of anilines is 1. The zero-order valence-corrected chi connectivity index (χ0v) is 12.8. The van der Waals surface area contributed by atoms with Crippen LogP contribution in [0.25, 0.3) is 0 Å². The average molecular weight is 318 g/mol. The van der Waals surface area contributed by atoms with Gasteiger partial charge in [-0.3, -0.25) is 0 Å². The van der Waals surface area contributed by atoms with Crippen molar-refractivity contribution in [2.75, 3.05) is 32.7 Å². The van der Waals surface area contributed by atoms with Crippen LogP contribution in [0.1, 0.15) is 25.6 Å². The van der Waals surface area contributed by atoms with Gasteiger partial charge in [-0.2, -0.15) is 0 Å². The van der Waals surface area contributed by atoms with Gasteiger partial charge in [0, 0.05) is 32.7 Å². The molecule has 0 aromatic carbocycles. The van der Waals surface area contributed by atoms with E-state index in [0.29, 0.717) is 19.1 Å². The Balaban J connectivity index is 2.66. The van der Waals surface area contributed by atoms with E-state index in [9.17, 15) is 0 Å². The SMILES string of the molecule is COCC(CNc1cc(Br)nc(C(C)C)n1)OC. The lowest BCUT2D eigenvalue weighted by Gasteiger charge is -2.16. The summed E-state index contributed by atoms with van der Waals surface area (Å²) in [5.41, 5.74) is 0. The number of aromatic nitrogens is 2. The Labute approximate surface area is 116 Å². The van der Waals surface area contributed by atoms with Crippen molar-refractivity contribution < 1.29 is 9.47 Å². The molecule has 1 unspecified atom stereocenters. The maximum Gasteiger partial charge on any atom is 0.134 e. The molecule has 0 fully saturated rings.